The summed E-state index contributed by atoms with van der Waals surface area (Å²) in [7, 11) is 1.32. The molecule has 0 bridgehead atoms. The zero-order valence-electron chi connectivity index (χ0n) is 16.8. The fraction of sp³-hybridized carbons (Fsp3) is 0.125. The molecule has 1 heterocycles. The number of aliphatic hydroxyl groups excluding tert-OH is 1. The first-order chi connectivity index (χ1) is 15.0. The van der Waals surface area contributed by atoms with Gasteiger partial charge in [0.1, 0.15) is 0 Å². The van der Waals surface area contributed by atoms with Crippen LogP contribution in [-0.2, 0) is 4.74 Å². The van der Waals surface area contributed by atoms with Gasteiger partial charge in [-0.15, -0.1) is 0 Å². The van der Waals surface area contributed by atoms with Crippen molar-refractivity contribution in [3.8, 4) is 11.1 Å². The summed E-state index contributed by atoms with van der Waals surface area (Å²) in [6, 6.07) is 15.9. The molecule has 0 atom stereocenters. The number of amides is 1. The molecule has 0 fully saturated rings. The molecule has 3 N–H and O–H groups in total. The van der Waals surface area contributed by atoms with Gasteiger partial charge in [-0.3, -0.25) is 9.59 Å². The fourth-order valence-corrected chi connectivity index (χ4v) is 3.65. The third kappa shape index (κ3) is 3.91. The number of benzene rings is 3. The summed E-state index contributed by atoms with van der Waals surface area (Å²) in [6.07, 6.45) is 1.63. The van der Waals surface area contributed by atoms with E-state index in [1.807, 2.05) is 24.3 Å². The molecule has 7 nitrogen and oxygen atoms in total. The predicted molar refractivity (Wildman–Crippen MR) is 118 cm³/mol. The topological polar surface area (TPSA) is 108 Å². The molecule has 0 aliphatic heterocycles. The van der Waals surface area contributed by atoms with Crippen LogP contribution < -0.4 is 10.9 Å². The zero-order chi connectivity index (χ0) is 22.0. The Morgan fingerprint density at radius 3 is 2.58 bits per heavy atom. The van der Waals surface area contributed by atoms with E-state index in [2.05, 4.69) is 10.3 Å². The first-order valence-electron chi connectivity index (χ1n) is 9.69. The van der Waals surface area contributed by atoms with Gasteiger partial charge in [-0.2, -0.15) is 0 Å². The number of esters is 1. The second-order valence-electron chi connectivity index (χ2n) is 7.04. The highest BCUT2D eigenvalue weighted by Crippen LogP contribution is 2.32. The van der Waals surface area contributed by atoms with Gasteiger partial charge in [0.15, 0.2) is 0 Å². The van der Waals surface area contributed by atoms with Gasteiger partial charge in [0, 0.05) is 29.8 Å². The van der Waals surface area contributed by atoms with Crippen molar-refractivity contribution in [2.75, 3.05) is 20.3 Å². The smallest absolute Gasteiger partial charge is 0.338 e. The number of carbonyl (C=O) groups is 2. The molecule has 31 heavy (non-hydrogen) atoms. The van der Waals surface area contributed by atoms with Gasteiger partial charge < -0.3 is 20.1 Å². The first kappa shape index (κ1) is 20.3. The van der Waals surface area contributed by atoms with E-state index in [1.54, 1.807) is 30.5 Å². The molecule has 4 rings (SSSR count). The maximum Gasteiger partial charge on any atom is 0.338 e. The third-order valence-corrected chi connectivity index (χ3v) is 5.12. The van der Waals surface area contributed by atoms with Crippen LogP contribution >= 0.6 is 0 Å². The normalized spacial score (nSPS) is 10.9. The van der Waals surface area contributed by atoms with Crippen LogP contribution in [-0.4, -0.2) is 42.2 Å². The van der Waals surface area contributed by atoms with E-state index >= 15 is 0 Å². The average Bonchev–Trinajstić information content (AvgIpc) is 2.80. The van der Waals surface area contributed by atoms with E-state index in [0.29, 0.717) is 21.9 Å². The number of hydrogen-bond donors (Lipinski definition) is 3. The van der Waals surface area contributed by atoms with Crippen LogP contribution in [0.15, 0.2) is 65.6 Å². The number of carbonyl (C=O) groups excluding carboxylic acids is 2. The van der Waals surface area contributed by atoms with E-state index in [1.165, 1.54) is 13.2 Å². The molecule has 0 radical (unpaired) electrons. The molecule has 0 aliphatic rings. The minimum absolute atomic E-state index is 0.131. The number of aliphatic hydroxyl groups is 1. The average molecular weight is 416 g/mol. The van der Waals surface area contributed by atoms with Crippen LogP contribution in [0.4, 0.5) is 0 Å². The lowest BCUT2D eigenvalue weighted by molar-refractivity contribution is 0.0603. The van der Waals surface area contributed by atoms with Gasteiger partial charge in [0.05, 0.1) is 19.3 Å². The van der Waals surface area contributed by atoms with Gasteiger partial charge >= 0.3 is 5.97 Å². The van der Waals surface area contributed by atoms with E-state index in [0.717, 1.165) is 21.9 Å². The van der Waals surface area contributed by atoms with Crippen molar-refractivity contribution in [3.05, 3.63) is 82.3 Å². The van der Waals surface area contributed by atoms with Gasteiger partial charge in [0.2, 0.25) is 5.56 Å². The highest BCUT2D eigenvalue weighted by atomic mass is 16.5. The Labute approximate surface area is 177 Å². The zero-order valence-corrected chi connectivity index (χ0v) is 16.8. The quantitative estimate of drug-likeness (QED) is 0.342. The van der Waals surface area contributed by atoms with Crippen molar-refractivity contribution in [2.24, 2.45) is 0 Å². The Balaban J connectivity index is 1.90. The number of methoxy groups -OCH3 is 1. The van der Waals surface area contributed by atoms with Crippen LogP contribution in [0.25, 0.3) is 32.7 Å². The molecule has 4 aromatic rings. The molecule has 1 amide bonds. The molecular formula is C24H20N2O5. The largest absolute Gasteiger partial charge is 0.465 e. The summed E-state index contributed by atoms with van der Waals surface area (Å²) in [5, 5.41) is 14.5. The molecular weight excluding hydrogens is 396 g/mol. The summed E-state index contributed by atoms with van der Waals surface area (Å²) >= 11 is 0. The Morgan fingerprint density at radius 2 is 1.81 bits per heavy atom. The van der Waals surface area contributed by atoms with E-state index < -0.39 is 5.97 Å². The van der Waals surface area contributed by atoms with Gasteiger partial charge in [-0.1, -0.05) is 24.3 Å². The predicted octanol–water partition coefficient (Wildman–Crippen LogP) is 2.86. The van der Waals surface area contributed by atoms with Gasteiger partial charge in [-0.05, 0) is 51.6 Å². The molecule has 1 aromatic heterocycles. The number of fused-ring (bicyclic) bond motifs is 3. The highest BCUT2D eigenvalue weighted by Gasteiger charge is 2.15. The standard InChI is InChI=1S/C24H20N2O5/c1-31-24(30)20-11-17-12-22(28)26-13-21(17)19-10-15(5-6-18(19)20)14-3-2-4-16(9-14)23(29)25-7-8-27/h2-6,9-13,27H,7-8H2,1H3,(H,25,29)(H,26,28). The minimum Gasteiger partial charge on any atom is -0.465 e. The molecule has 0 unspecified atom stereocenters. The number of pyridine rings is 1. The van der Waals surface area contributed by atoms with Crippen molar-refractivity contribution in [1.82, 2.24) is 10.3 Å². The number of rotatable bonds is 5. The summed E-state index contributed by atoms with van der Waals surface area (Å²) in [6.45, 7) is 0.0489. The molecule has 0 saturated heterocycles. The van der Waals surface area contributed by atoms with Gasteiger partial charge in [-0.25, -0.2) is 4.79 Å². The summed E-state index contributed by atoms with van der Waals surface area (Å²) in [5.41, 5.74) is 2.25. The van der Waals surface area contributed by atoms with E-state index in [9.17, 15) is 14.4 Å². The van der Waals surface area contributed by atoms with Crippen molar-refractivity contribution in [3.63, 3.8) is 0 Å². The van der Waals surface area contributed by atoms with E-state index in [-0.39, 0.29) is 24.6 Å². The molecule has 0 saturated carbocycles. The third-order valence-electron chi connectivity index (χ3n) is 5.12. The summed E-state index contributed by atoms with van der Waals surface area (Å²) < 4.78 is 4.93. The molecule has 0 aliphatic carbocycles. The monoisotopic (exact) mass is 416 g/mol. The number of H-pyrrole nitrogens is 1. The minimum atomic E-state index is -0.484. The number of nitrogens with one attached hydrogen (secondary N) is 2. The van der Waals surface area contributed by atoms with Crippen molar-refractivity contribution in [2.45, 2.75) is 0 Å². The molecule has 7 heteroatoms. The SMILES string of the molecule is COC(=O)c1cc2cc(=O)[nH]cc2c2cc(-c3cccc(C(=O)NCCO)c3)ccc12. The fourth-order valence-electron chi connectivity index (χ4n) is 3.65. The summed E-state index contributed by atoms with van der Waals surface area (Å²) in [5.74, 6) is -0.754. The van der Waals surface area contributed by atoms with Crippen molar-refractivity contribution >= 4 is 33.4 Å². The second-order valence-corrected chi connectivity index (χ2v) is 7.04. The van der Waals surface area contributed by atoms with Crippen LogP contribution in [0.1, 0.15) is 20.7 Å². The maximum absolute atomic E-state index is 12.3. The van der Waals surface area contributed by atoms with E-state index in [4.69, 9.17) is 9.84 Å². The number of ether oxygens (including phenoxy) is 1. The first-order valence-corrected chi connectivity index (χ1v) is 9.69. The van der Waals surface area contributed by atoms with Crippen molar-refractivity contribution in [1.29, 1.82) is 0 Å². The Morgan fingerprint density at radius 1 is 1.00 bits per heavy atom. The second kappa shape index (κ2) is 8.41. The highest BCUT2D eigenvalue weighted by molar-refractivity contribution is 6.16. The lowest BCUT2D eigenvalue weighted by atomic mass is 9.94. The number of aromatic nitrogens is 1. The van der Waals surface area contributed by atoms with Crippen LogP contribution in [0.2, 0.25) is 0 Å². The molecule has 3 aromatic carbocycles. The van der Waals surface area contributed by atoms with Crippen LogP contribution in [0.3, 0.4) is 0 Å². The van der Waals surface area contributed by atoms with Crippen LogP contribution in [0.5, 0.6) is 0 Å². The number of hydrogen-bond acceptors (Lipinski definition) is 5. The lowest BCUT2D eigenvalue weighted by Crippen LogP contribution is -2.26. The number of aromatic amines is 1. The maximum atomic E-state index is 12.3. The summed E-state index contributed by atoms with van der Waals surface area (Å²) in [4.78, 5) is 39.1. The Bertz CT molecular complexity index is 1370. The Kier molecular flexibility index (Phi) is 5.51. The van der Waals surface area contributed by atoms with Gasteiger partial charge in [0.25, 0.3) is 5.91 Å². The molecule has 156 valence electrons. The lowest BCUT2D eigenvalue weighted by Gasteiger charge is -2.12. The van der Waals surface area contributed by atoms with Crippen molar-refractivity contribution < 1.29 is 19.4 Å². The Hall–Kier alpha value is -3.97. The molecule has 0 spiro atoms. The van der Waals surface area contributed by atoms with Crippen LogP contribution in [0, 0.1) is 0 Å².